The lowest BCUT2D eigenvalue weighted by molar-refractivity contribution is -0.117. The Morgan fingerprint density at radius 3 is 2.41 bits per heavy atom. The van der Waals surface area contributed by atoms with Crippen LogP contribution in [0.4, 0.5) is 11.4 Å². The molecule has 0 aliphatic carbocycles. The first kappa shape index (κ1) is 19.4. The van der Waals surface area contributed by atoms with Crippen LogP contribution in [0.15, 0.2) is 47.4 Å². The van der Waals surface area contributed by atoms with E-state index in [4.69, 9.17) is 0 Å². The number of benzene rings is 2. The lowest BCUT2D eigenvalue weighted by Gasteiger charge is -2.17. The SMILES string of the molecule is Cc1ccc(NCc2ccc(N3CCCC3=O)cc2)cc1S(=O)(=O)N(C)C. The number of carbonyl (C=O) groups is 1. The van der Waals surface area contributed by atoms with Gasteiger partial charge >= 0.3 is 0 Å². The molecule has 0 bridgehead atoms. The number of nitrogens with zero attached hydrogens (tertiary/aromatic N) is 2. The van der Waals surface area contributed by atoms with Crippen molar-refractivity contribution in [1.29, 1.82) is 0 Å². The van der Waals surface area contributed by atoms with Crippen molar-refractivity contribution in [1.82, 2.24) is 4.31 Å². The summed E-state index contributed by atoms with van der Waals surface area (Å²) < 4.78 is 26.1. The fraction of sp³-hybridized carbons (Fsp3) is 0.350. The predicted octanol–water partition coefficient (Wildman–Crippen LogP) is 2.98. The van der Waals surface area contributed by atoms with Crippen LogP contribution in [0.1, 0.15) is 24.0 Å². The second-order valence-corrected chi connectivity index (χ2v) is 9.06. The van der Waals surface area contributed by atoms with Crippen molar-refractivity contribution in [3.8, 4) is 0 Å². The number of nitrogens with one attached hydrogen (secondary N) is 1. The van der Waals surface area contributed by atoms with Crippen molar-refractivity contribution in [2.24, 2.45) is 0 Å². The normalized spacial score (nSPS) is 14.8. The third-order valence-electron chi connectivity index (χ3n) is 4.76. The Hall–Kier alpha value is -2.38. The Kier molecular flexibility index (Phi) is 5.53. The number of hydrogen-bond acceptors (Lipinski definition) is 4. The molecule has 0 radical (unpaired) electrons. The Balaban J connectivity index is 1.71. The van der Waals surface area contributed by atoms with Gasteiger partial charge in [0, 0.05) is 45.0 Å². The van der Waals surface area contributed by atoms with Gasteiger partial charge in [-0.15, -0.1) is 0 Å². The van der Waals surface area contributed by atoms with Crippen molar-refractivity contribution in [3.63, 3.8) is 0 Å². The monoisotopic (exact) mass is 387 g/mol. The van der Waals surface area contributed by atoms with Gasteiger partial charge in [-0.05, 0) is 48.7 Å². The second kappa shape index (κ2) is 7.70. The van der Waals surface area contributed by atoms with E-state index in [0.29, 0.717) is 23.4 Å². The first-order valence-corrected chi connectivity index (χ1v) is 10.4. The van der Waals surface area contributed by atoms with E-state index in [-0.39, 0.29) is 5.91 Å². The first-order valence-electron chi connectivity index (χ1n) is 8.95. The summed E-state index contributed by atoms with van der Waals surface area (Å²) in [6, 6.07) is 13.2. The predicted molar refractivity (Wildman–Crippen MR) is 107 cm³/mol. The van der Waals surface area contributed by atoms with Crippen LogP contribution in [-0.4, -0.2) is 39.3 Å². The molecule has 2 aromatic rings. The average Bonchev–Trinajstić information content (AvgIpc) is 3.07. The van der Waals surface area contributed by atoms with Crippen molar-refractivity contribution < 1.29 is 13.2 Å². The number of rotatable bonds is 6. The molecular formula is C20H25N3O3S. The van der Waals surface area contributed by atoms with Crippen LogP contribution in [0.25, 0.3) is 0 Å². The van der Waals surface area contributed by atoms with E-state index < -0.39 is 10.0 Å². The molecule has 0 atom stereocenters. The molecule has 1 heterocycles. The maximum Gasteiger partial charge on any atom is 0.242 e. The van der Waals surface area contributed by atoms with E-state index in [0.717, 1.165) is 29.9 Å². The van der Waals surface area contributed by atoms with Gasteiger partial charge in [0.05, 0.1) is 4.90 Å². The summed E-state index contributed by atoms with van der Waals surface area (Å²) in [5.41, 5.74) is 3.45. The number of anilines is 2. The highest BCUT2D eigenvalue weighted by molar-refractivity contribution is 7.89. The van der Waals surface area contributed by atoms with Gasteiger partial charge in [0.1, 0.15) is 0 Å². The lowest BCUT2D eigenvalue weighted by Crippen LogP contribution is -2.23. The van der Waals surface area contributed by atoms with Gasteiger partial charge in [-0.3, -0.25) is 4.79 Å². The number of sulfonamides is 1. The van der Waals surface area contributed by atoms with Gasteiger partial charge in [-0.25, -0.2) is 12.7 Å². The first-order chi connectivity index (χ1) is 12.8. The maximum absolute atomic E-state index is 12.4. The Labute approximate surface area is 160 Å². The fourth-order valence-electron chi connectivity index (χ4n) is 3.10. The van der Waals surface area contributed by atoms with E-state index in [1.54, 1.807) is 19.1 Å². The summed E-state index contributed by atoms with van der Waals surface area (Å²) in [4.78, 5) is 13.9. The molecule has 6 nitrogen and oxygen atoms in total. The highest BCUT2D eigenvalue weighted by Crippen LogP contribution is 2.24. The van der Waals surface area contributed by atoms with Gasteiger partial charge in [-0.1, -0.05) is 18.2 Å². The molecule has 7 heteroatoms. The summed E-state index contributed by atoms with van der Waals surface area (Å²) in [6.07, 6.45) is 1.53. The Bertz CT molecular complexity index is 937. The average molecular weight is 388 g/mol. The van der Waals surface area contributed by atoms with Crippen LogP contribution in [0.5, 0.6) is 0 Å². The molecule has 1 amide bonds. The summed E-state index contributed by atoms with van der Waals surface area (Å²) in [5, 5.41) is 3.27. The van der Waals surface area contributed by atoms with E-state index in [9.17, 15) is 13.2 Å². The highest BCUT2D eigenvalue weighted by Gasteiger charge is 2.21. The van der Waals surface area contributed by atoms with Gasteiger partial charge in [0.15, 0.2) is 0 Å². The smallest absolute Gasteiger partial charge is 0.242 e. The molecular weight excluding hydrogens is 362 g/mol. The zero-order chi connectivity index (χ0) is 19.6. The highest BCUT2D eigenvalue weighted by atomic mass is 32.2. The van der Waals surface area contributed by atoms with Crippen molar-refractivity contribution in [3.05, 3.63) is 53.6 Å². The Morgan fingerprint density at radius 2 is 1.81 bits per heavy atom. The molecule has 27 heavy (non-hydrogen) atoms. The van der Waals surface area contributed by atoms with Crippen molar-refractivity contribution in [2.75, 3.05) is 30.9 Å². The molecule has 0 saturated carbocycles. The molecule has 1 aliphatic heterocycles. The van der Waals surface area contributed by atoms with Crippen molar-refractivity contribution >= 4 is 27.3 Å². The molecule has 0 spiro atoms. The van der Waals surface area contributed by atoms with Gasteiger partial charge in [0.25, 0.3) is 0 Å². The molecule has 2 aromatic carbocycles. The molecule has 1 fully saturated rings. The van der Waals surface area contributed by atoms with Crippen LogP contribution in [0.2, 0.25) is 0 Å². The van der Waals surface area contributed by atoms with Crippen LogP contribution in [0, 0.1) is 6.92 Å². The van der Waals surface area contributed by atoms with Crippen LogP contribution >= 0.6 is 0 Å². The largest absolute Gasteiger partial charge is 0.381 e. The lowest BCUT2D eigenvalue weighted by atomic mass is 10.2. The molecule has 1 N–H and O–H groups in total. The molecule has 0 unspecified atom stereocenters. The zero-order valence-corrected chi connectivity index (χ0v) is 16.7. The molecule has 1 saturated heterocycles. The number of hydrogen-bond donors (Lipinski definition) is 1. The molecule has 3 rings (SSSR count). The summed E-state index contributed by atoms with van der Waals surface area (Å²) in [6.45, 7) is 3.14. The molecule has 1 aliphatic rings. The summed E-state index contributed by atoms with van der Waals surface area (Å²) in [5.74, 6) is 0.176. The van der Waals surface area contributed by atoms with Gasteiger partial charge in [-0.2, -0.15) is 0 Å². The van der Waals surface area contributed by atoms with Crippen LogP contribution < -0.4 is 10.2 Å². The van der Waals surface area contributed by atoms with E-state index in [1.807, 2.05) is 35.2 Å². The zero-order valence-electron chi connectivity index (χ0n) is 15.9. The second-order valence-electron chi connectivity index (χ2n) is 6.94. The minimum atomic E-state index is -3.48. The third-order valence-corrected chi connectivity index (χ3v) is 6.72. The number of amides is 1. The van der Waals surface area contributed by atoms with E-state index in [1.165, 1.54) is 18.4 Å². The summed E-state index contributed by atoms with van der Waals surface area (Å²) >= 11 is 0. The Morgan fingerprint density at radius 1 is 1.11 bits per heavy atom. The number of carbonyl (C=O) groups excluding carboxylic acids is 1. The fourth-order valence-corrected chi connectivity index (χ4v) is 4.25. The van der Waals surface area contributed by atoms with E-state index >= 15 is 0 Å². The molecule has 0 aromatic heterocycles. The van der Waals surface area contributed by atoms with Crippen molar-refractivity contribution in [2.45, 2.75) is 31.2 Å². The summed E-state index contributed by atoms with van der Waals surface area (Å²) in [7, 11) is -0.419. The minimum absolute atomic E-state index is 0.176. The quantitative estimate of drug-likeness (QED) is 0.827. The number of aryl methyl sites for hydroxylation is 1. The van der Waals surface area contributed by atoms with Gasteiger partial charge < -0.3 is 10.2 Å². The standard InChI is InChI=1S/C20H25N3O3S/c1-15-6-9-17(13-19(15)27(25,26)22(2)3)21-14-16-7-10-18(11-8-16)23-12-4-5-20(23)24/h6-11,13,21H,4-5,12,14H2,1-3H3. The molecule has 144 valence electrons. The topological polar surface area (TPSA) is 69.7 Å². The van der Waals surface area contributed by atoms with Crippen LogP contribution in [0.3, 0.4) is 0 Å². The minimum Gasteiger partial charge on any atom is -0.381 e. The van der Waals surface area contributed by atoms with E-state index in [2.05, 4.69) is 5.32 Å². The third kappa shape index (κ3) is 4.14. The van der Waals surface area contributed by atoms with Crippen LogP contribution in [-0.2, 0) is 21.4 Å². The van der Waals surface area contributed by atoms with Gasteiger partial charge in [0.2, 0.25) is 15.9 Å². The maximum atomic E-state index is 12.4.